The number of hydrogen-bond acceptors (Lipinski definition) is 3. The van der Waals surface area contributed by atoms with Crippen LogP contribution in [0, 0.1) is 34.5 Å². The van der Waals surface area contributed by atoms with E-state index in [-0.39, 0.29) is 18.8 Å². The number of fused-ring (bicyclic) bond motifs is 6. The topological polar surface area (TPSA) is 27.7 Å². The highest BCUT2D eigenvalue weighted by atomic mass is 28.4. The van der Waals surface area contributed by atoms with Crippen LogP contribution in [-0.4, -0.2) is 33.2 Å². The van der Waals surface area contributed by atoms with Crippen LogP contribution in [0.2, 0.25) is 26.5 Å². The Hall–Kier alpha value is 0.162. The Morgan fingerprint density at radius 1 is 0.933 bits per heavy atom. The summed E-state index contributed by atoms with van der Waals surface area (Å²) in [6.07, 6.45) is 12.9. The first-order chi connectivity index (χ1) is 14.0. The quantitative estimate of drug-likeness (QED) is 0.464. The molecule has 5 heteroatoms. The zero-order valence-electron chi connectivity index (χ0n) is 20.6. The van der Waals surface area contributed by atoms with Crippen molar-refractivity contribution < 1.29 is 13.7 Å². The summed E-state index contributed by atoms with van der Waals surface area (Å²) in [5.74, 6) is 3.50. The first kappa shape index (κ1) is 22.0. The smallest absolute Gasteiger partial charge is 0.415 e. The summed E-state index contributed by atoms with van der Waals surface area (Å²) in [5.41, 5.74) is 0.785. The van der Waals surface area contributed by atoms with E-state index in [9.17, 15) is 0 Å². The Kier molecular flexibility index (Phi) is 5.19. The van der Waals surface area contributed by atoms with Crippen LogP contribution < -0.4 is 0 Å². The average Bonchev–Trinajstić information content (AvgIpc) is 3.10. The van der Waals surface area contributed by atoms with E-state index in [0.717, 1.165) is 23.7 Å². The maximum absolute atomic E-state index is 6.63. The highest BCUT2D eigenvalue weighted by Crippen LogP contribution is 2.70. The lowest BCUT2D eigenvalue weighted by atomic mass is 9.44. The average molecular weight is 433 g/mol. The molecular weight excluding hydrogens is 387 g/mol. The van der Waals surface area contributed by atoms with Crippen LogP contribution in [0.5, 0.6) is 0 Å². The van der Waals surface area contributed by atoms with Crippen molar-refractivity contribution in [2.24, 2.45) is 34.5 Å². The van der Waals surface area contributed by atoms with E-state index < -0.39 is 8.32 Å². The van der Waals surface area contributed by atoms with Gasteiger partial charge in [0.05, 0.1) is 11.7 Å². The van der Waals surface area contributed by atoms with E-state index in [1.54, 1.807) is 0 Å². The Morgan fingerprint density at radius 2 is 1.67 bits per heavy atom. The third kappa shape index (κ3) is 3.08. The van der Waals surface area contributed by atoms with Crippen LogP contribution in [-0.2, 0) is 13.7 Å². The van der Waals surface area contributed by atoms with Gasteiger partial charge in [0.15, 0.2) is 8.32 Å². The fourth-order valence-corrected chi connectivity index (χ4v) is 10.8. The zero-order chi connectivity index (χ0) is 21.5. The Bertz CT molecular complexity index is 682. The molecule has 4 aliphatic carbocycles. The lowest BCUT2D eigenvalue weighted by molar-refractivity contribution is -0.154. The zero-order valence-corrected chi connectivity index (χ0v) is 21.6. The summed E-state index contributed by atoms with van der Waals surface area (Å²) in [6.45, 7) is 16.7. The second kappa shape index (κ2) is 7.08. The summed E-state index contributed by atoms with van der Waals surface area (Å²) in [7, 11) is -1.48. The maximum Gasteiger partial charge on any atom is 0.454 e. The predicted octanol–water partition coefficient (Wildman–Crippen LogP) is 6.54. The molecule has 1 aliphatic heterocycles. The largest absolute Gasteiger partial charge is 0.454 e. The molecular formula is C25H45BO3Si. The van der Waals surface area contributed by atoms with Crippen molar-refractivity contribution in [3.8, 4) is 0 Å². The van der Waals surface area contributed by atoms with Crippen LogP contribution in [0.3, 0.4) is 0 Å². The van der Waals surface area contributed by atoms with Crippen molar-refractivity contribution in [2.75, 3.05) is 0 Å². The SMILES string of the molecule is CB1OC(C)C2(CCC3C4CCC5CC(O[Si](C)(C)C)CCC5(C)C4CCC32C)O1. The minimum atomic E-state index is -1.44. The second-order valence-electron chi connectivity index (χ2n) is 13.1. The normalized spacial score (nSPS) is 53.5. The summed E-state index contributed by atoms with van der Waals surface area (Å²) in [6, 6.07) is 0. The molecule has 0 bridgehead atoms. The van der Waals surface area contributed by atoms with E-state index in [0.29, 0.717) is 16.9 Å². The molecule has 0 radical (unpaired) electrons. The number of rotatable bonds is 2. The molecule has 1 saturated heterocycles. The molecule has 9 unspecified atom stereocenters. The predicted molar refractivity (Wildman–Crippen MR) is 126 cm³/mol. The first-order valence-corrected chi connectivity index (χ1v) is 16.4. The van der Waals surface area contributed by atoms with Gasteiger partial charge in [-0.2, -0.15) is 0 Å². The summed E-state index contributed by atoms with van der Waals surface area (Å²) in [5, 5.41) is 0. The van der Waals surface area contributed by atoms with Gasteiger partial charge in [0, 0.05) is 11.5 Å². The van der Waals surface area contributed by atoms with Gasteiger partial charge >= 0.3 is 7.12 Å². The molecule has 30 heavy (non-hydrogen) atoms. The molecule has 5 aliphatic rings. The van der Waals surface area contributed by atoms with Gasteiger partial charge in [-0.25, -0.2) is 0 Å². The van der Waals surface area contributed by atoms with Gasteiger partial charge in [-0.05, 0) is 120 Å². The van der Waals surface area contributed by atoms with Crippen LogP contribution in [0.25, 0.3) is 0 Å². The van der Waals surface area contributed by atoms with E-state index in [1.165, 1.54) is 57.8 Å². The van der Waals surface area contributed by atoms with Crippen LogP contribution in [0.1, 0.15) is 78.6 Å². The molecule has 1 heterocycles. The van der Waals surface area contributed by atoms with Gasteiger partial charge in [0.2, 0.25) is 0 Å². The van der Waals surface area contributed by atoms with Crippen molar-refractivity contribution >= 4 is 15.4 Å². The van der Waals surface area contributed by atoms with Crippen molar-refractivity contribution in [3.63, 3.8) is 0 Å². The van der Waals surface area contributed by atoms with Gasteiger partial charge in [-0.3, -0.25) is 0 Å². The summed E-state index contributed by atoms with van der Waals surface area (Å²) >= 11 is 0. The molecule has 4 saturated carbocycles. The monoisotopic (exact) mass is 432 g/mol. The van der Waals surface area contributed by atoms with Crippen molar-refractivity contribution in [1.29, 1.82) is 0 Å². The molecule has 0 N–H and O–H groups in total. The van der Waals surface area contributed by atoms with Crippen molar-refractivity contribution in [3.05, 3.63) is 0 Å². The van der Waals surface area contributed by atoms with Crippen LogP contribution in [0.4, 0.5) is 0 Å². The highest BCUT2D eigenvalue weighted by molar-refractivity contribution is 6.69. The molecule has 3 nitrogen and oxygen atoms in total. The lowest BCUT2D eigenvalue weighted by Gasteiger charge is -2.62. The van der Waals surface area contributed by atoms with E-state index >= 15 is 0 Å². The van der Waals surface area contributed by atoms with Gasteiger partial charge < -0.3 is 13.7 Å². The second-order valence-corrected chi connectivity index (χ2v) is 17.6. The Morgan fingerprint density at radius 3 is 2.33 bits per heavy atom. The molecule has 170 valence electrons. The van der Waals surface area contributed by atoms with Gasteiger partial charge in [0.25, 0.3) is 0 Å². The molecule has 5 rings (SSSR count). The van der Waals surface area contributed by atoms with Crippen molar-refractivity contribution in [2.45, 2.75) is 123 Å². The summed E-state index contributed by atoms with van der Waals surface area (Å²) < 4.78 is 19.4. The molecule has 0 aromatic carbocycles. The standard InChI is InChI=1S/C25H45BO3Si/c1-17-25(29-26(4)27-17)15-12-22-20-9-8-18-16-19(28-30(5,6)7)10-13-23(18,2)21(20)11-14-24(22,25)3/h17-22H,8-16H2,1-7H3. The third-order valence-corrected chi connectivity index (χ3v) is 11.8. The van der Waals surface area contributed by atoms with Gasteiger partial charge in [-0.1, -0.05) is 13.8 Å². The molecule has 9 atom stereocenters. The Labute approximate surface area is 186 Å². The van der Waals surface area contributed by atoms with Crippen LogP contribution in [0.15, 0.2) is 0 Å². The molecule has 0 amide bonds. The fraction of sp³-hybridized carbons (Fsp3) is 1.00. The molecule has 5 fully saturated rings. The minimum Gasteiger partial charge on any atom is -0.415 e. The van der Waals surface area contributed by atoms with E-state index in [2.05, 4.69) is 47.2 Å². The molecule has 0 aromatic rings. The minimum absolute atomic E-state index is 0.0387. The number of hydrogen-bond donors (Lipinski definition) is 0. The molecule has 1 spiro atoms. The lowest BCUT2D eigenvalue weighted by Crippen LogP contribution is -2.59. The summed E-state index contributed by atoms with van der Waals surface area (Å²) in [4.78, 5) is 0. The van der Waals surface area contributed by atoms with Crippen molar-refractivity contribution in [1.82, 2.24) is 0 Å². The van der Waals surface area contributed by atoms with E-state index in [1.807, 2.05) is 0 Å². The third-order valence-electron chi connectivity index (χ3n) is 10.7. The van der Waals surface area contributed by atoms with Gasteiger partial charge in [-0.15, -0.1) is 0 Å². The van der Waals surface area contributed by atoms with E-state index in [4.69, 9.17) is 13.7 Å². The fourth-order valence-electron chi connectivity index (χ4n) is 9.54. The van der Waals surface area contributed by atoms with Crippen LogP contribution >= 0.6 is 0 Å². The molecule has 0 aromatic heterocycles. The first-order valence-electron chi connectivity index (χ1n) is 13.0. The Balaban J connectivity index is 1.36. The maximum atomic E-state index is 6.63. The van der Waals surface area contributed by atoms with Gasteiger partial charge in [0.1, 0.15) is 0 Å². The highest BCUT2D eigenvalue weighted by Gasteiger charge is 2.69.